The zero-order valence-corrected chi connectivity index (χ0v) is 28.7. The van der Waals surface area contributed by atoms with E-state index >= 15 is 0 Å². The zero-order chi connectivity index (χ0) is 34.7. The number of carbonyl (C=O) groups is 4. The number of carbonyl (C=O) groups excluding carboxylic acids is 4. The van der Waals surface area contributed by atoms with Crippen molar-refractivity contribution in [3.63, 3.8) is 0 Å². The first-order valence-corrected chi connectivity index (χ1v) is 15.7. The maximum absolute atomic E-state index is 13.0. The summed E-state index contributed by atoms with van der Waals surface area (Å²) in [6.07, 6.45) is 16.4. The lowest BCUT2D eigenvalue weighted by Crippen LogP contribution is -2.52. The summed E-state index contributed by atoms with van der Waals surface area (Å²) in [7, 11) is 1.44. The van der Waals surface area contributed by atoms with E-state index in [0.29, 0.717) is 38.8 Å². The van der Waals surface area contributed by atoms with Gasteiger partial charge in [0.15, 0.2) is 5.76 Å². The van der Waals surface area contributed by atoms with E-state index in [2.05, 4.69) is 16.0 Å². The molecule has 0 aromatic rings. The molecule has 1 aliphatic rings. The van der Waals surface area contributed by atoms with Gasteiger partial charge in [0, 0.05) is 37.8 Å². The molecule has 0 spiro atoms. The smallest absolute Gasteiger partial charge is 0.407 e. The number of hydrogen-bond donors (Lipinski definition) is 4. The number of amides is 3. The molecular formula is C35H54N4O7. The Balaban J connectivity index is 2.72. The number of nitrogens with one attached hydrogen (secondary N) is 3. The summed E-state index contributed by atoms with van der Waals surface area (Å²) in [6, 6.07) is -0.808. The van der Waals surface area contributed by atoms with Crippen molar-refractivity contribution < 1.29 is 33.4 Å². The molecule has 11 heteroatoms. The number of rotatable bonds is 17. The van der Waals surface area contributed by atoms with Gasteiger partial charge >= 0.3 is 12.1 Å². The summed E-state index contributed by atoms with van der Waals surface area (Å²) < 4.78 is 16.0. The third kappa shape index (κ3) is 16.3. The standard InChI is InChI=1S/C35H54N4O7/c1-24(2)16-17-27(45-34(43)38-22-12-20-36)14-11-21-37-32(41)31(35(5,6)7)39-30(40)15-10-9-13-25(3)23-26(4)28-18-19-29(44-8)33(42)46-28/h9-11,13,15-16,19,21,23,26-28,31H,12,14,17-18,20,22,36H2,1-8H3,(H,37,41)(H,38,43)(H,39,40)/b13-9-,15-10-,21-11-,25-23+/t26-,27+,28-,31+/m0/s1. The Hall–Kier alpha value is -4.12. The van der Waals surface area contributed by atoms with Crippen LogP contribution in [-0.4, -0.2) is 62.3 Å². The Kier molecular flexibility index (Phi) is 18.1. The molecule has 0 unspecified atom stereocenters. The Morgan fingerprint density at radius 1 is 1.13 bits per heavy atom. The van der Waals surface area contributed by atoms with Gasteiger partial charge in [-0.2, -0.15) is 0 Å². The number of esters is 1. The quantitative estimate of drug-likeness (QED) is 0.0575. The van der Waals surface area contributed by atoms with Crippen molar-refractivity contribution >= 4 is 23.9 Å². The number of ether oxygens (including phenoxy) is 3. The highest BCUT2D eigenvalue weighted by Crippen LogP contribution is 2.23. The van der Waals surface area contributed by atoms with E-state index in [1.807, 2.05) is 66.7 Å². The first kappa shape index (κ1) is 39.9. The lowest BCUT2D eigenvalue weighted by Gasteiger charge is -2.29. The van der Waals surface area contributed by atoms with Crippen LogP contribution in [0.1, 0.15) is 74.1 Å². The van der Waals surface area contributed by atoms with E-state index < -0.39 is 35.5 Å². The number of alkyl carbamates (subject to hydrolysis) is 1. The van der Waals surface area contributed by atoms with Crippen LogP contribution < -0.4 is 21.7 Å². The molecule has 1 heterocycles. The zero-order valence-electron chi connectivity index (χ0n) is 28.7. The minimum atomic E-state index is -0.808. The summed E-state index contributed by atoms with van der Waals surface area (Å²) >= 11 is 0. The lowest BCUT2D eigenvalue weighted by atomic mass is 9.86. The molecule has 0 bridgehead atoms. The second-order valence-corrected chi connectivity index (χ2v) is 12.5. The average molecular weight is 643 g/mol. The van der Waals surface area contributed by atoms with Crippen LogP contribution in [-0.2, 0) is 28.6 Å². The molecule has 0 radical (unpaired) electrons. The highest BCUT2D eigenvalue weighted by atomic mass is 16.6. The van der Waals surface area contributed by atoms with Crippen LogP contribution in [0.3, 0.4) is 0 Å². The largest absolute Gasteiger partial charge is 0.490 e. The Labute approximate surface area is 274 Å². The van der Waals surface area contributed by atoms with Crippen molar-refractivity contribution in [1.29, 1.82) is 0 Å². The fourth-order valence-corrected chi connectivity index (χ4v) is 4.32. The third-order valence-corrected chi connectivity index (χ3v) is 6.92. The molecule has 3 amide bonds. The molecule has 0 aromatic carbocycles. The van der Waals surface area contributed by atoms with Crippen LogP contribution >= 0.6 is 0 Å². The summed E-state index contributed by atoms with van der Waals surface area (Å²) in [4.78, 5) is 49.8. The topological polar surface area (TPSA) is 158 Å². The fourth-order valence-electron chi connectivity index (χ4n) is 4.32. The van der Waals surface area contributed by atoms with E-state index in [1.165, 1.54) is 19.4 Å². The monoisotopic (exact) mass is 642 g/mol. The molecule has 5 N–H and O–H groups in total. The summed E-state index contributed by atoms with van der Waals surface area (Å²) in [6.45, 7) is 14.3. The number of methoxy groups -OCH3 is 1. The van der Waals surface area contributed by atoms with Crippen LogP contribution in [0.5, 0.6) is 0 Å². The molecule has 0 saturated heterocycles. The highest BCUT2D eigenvalue weighted by Gasteiger charge is 2.32. The summed E-state index contributed by atoms with van der Waals surface area (Å²) in [5, 5.41) is 8.20. The van der Waals surface area contributed by atoms with Crippen LogP contribution in [0, 0.1) is 11.3 Å². The SMILES string of the molecule is COC1=CC[C@@H]([C@@H](C)/C=C(C)/C=C\C=C/C(=O)N[C@H](C(=O)N/C=C\C[C@H](CC=C(C)C)OC(=O)NCCCN)C(C)(C)C)OC1=O. The van der Waals surface area contributed by atoms with E-state index in [0.717, 1.165) is 11.1 Å². The molecule has 4 atom stereocenters. The second kappa shape index (κ2) is 20.8. The minimum absolute atomic E-state index is 0.0163. The van der Waals surface area contributed by atoms with Gasteiger partial charge in [0.2, 0.25) is 11.8 Å². The molecule has 0 fully saturated rings. The maximum Gasteiger partial charge on any atom is 0.407 e. The van der Waals surface area contributed by atoms with E-state index in [1.54, 1.807) is 24.3 Å². The van der Waals surface area contributed by atoms with Gasteiger partial charge in [-0.05, 0) is 51.4 Å². The minimum Gasteiger partial charge on any atom is -0.490 e. The van der Waals surface area contributed by atoms with Gasteiger partial charge in [0.1, 0.15) is 18.2 Å². The Bertz CT molecular complexity index is 1200. The maximum atomic E-state index is 13.0. The first-order chi connectivity index (χ1) is 21.7. The molecule has 1 aliphatic heterocycles. The van der Waals surface area contributed by atoms with Crippen molar-refractivity contribution in [1.82, 2.24) is 16.0 Å². The second-order valence-electron chi connectivity index (χ2n) is 12.5. The van der Waals surface area contributed by atoms with Gasteiger partial charge in [-0.25, -0.2) is 9.59 Å². The van der Waals surface area contributed by atoms with Crippen LogP contribution in [0.15, 0.2) is 71.7 Å². The highest BCUT2D eigenvalue weighted by molar-refractivity contribution is 5.93. The van der Waals surface area contributed by atoms with Gasteiger partial charge in [-0.3, -0.25) is 9.59 Å². The van der Waals surface area contributed by atoms with Crippen molar-refractivity contribution in [2.45, 2.75) is 92.4 Å². The number of allylic oxidation sites excluding steroid dienone is 5. The summed E-state index contributed by atoms with van der Waals surface area (Å²) in [5.41, 5.74) is 6.95. The Morgan fingerprint density at radius 3 is 2.43 bits per heavy atom. The first-order valence-electron chi connectivity index (χ1n) is 15.7. The lowest BCUT2D eigenvalue weighted by molar-refractivity contribution is -0.151. The summed E-state index contributed by atoms with van der Waals surface area (Å²) in [5.74, 6) is -1.04. The molecule has 1 rings (SSSR count). The van der Waals surface area contributed by atoms with Crippen molar-refractivity contribution in [2.75, 3.05) is 20.2 Å². The fraction of sp³-hybridized carbons (Fsp3) is 0.543. The van der Waals surface area contributed by atoms with Crippen molar-refractivity contribution in [3.05, 3.63) is 71.7 Å². The van der Waals surface area contributed by atoms with E-state index in [9.17, 15) is 19.2 Å². The molecule has 0 aliphatic carbocycles. The van der Waals surface area contributed by atoms with Crippen LogP contribution in [0.4, 0.5) is 4.79 Å². The van der Waals surface area contributed by atoms with Gasteiger partial charge in [-0.15, -0.1) is 0 Å². The van der Waals surface area contributed by atoms with Crippen LogP contribution in [0.2, 0.25) is 0 Å². The molecule has 0 saturated carbocycles. The normalized spacial score (nSPS) is 17.6. The molecule has 46 heavy (non-hydrogen) atoms. The predicted molar refractivity (Wildman–Crippen MR) is 180 cm³/mol. The van der Waals surface area contributed by atoms with Gasteiger partial charge in [0.05, 0.1) is 7.11 Å². The molecule has 0 aromatic heterocycles. The third-order valence-electron chi connectivity index (χ3n) is 6.92. The number of nitrogens with two attached hydrogens (primary N) is 1. The molecular weight excluding hydrogens is 588 g/mol. The number of cyclic esters (lactones) is 1. The Morgan fingerprint density at radius 2 is 1.83 bits per heavy atom. The molecule has 11 nitrogen and oxygen atoms in total. The predicted octanol–water partition coefficient (Wildman–Crippen LogP) is 4.88. The average Bonchev–Trinajstić information content (AvgIpc) is 2.98. The van der Waals surface area contributed by atoms with E-state index in [4.69, 9.17) is 19.9 Å². The van der Waals surface area contributed by atoms with E-state index in [-0.39, 0.29) is 23.7 Å². The van der Waals surface area contributed by atoms with Gasteiger partial charge in [-0.1, -0.05) is 75.3 Å². The number of hydrogen-bond acceptors (Lipinski definition) is 8. The van der Waals surface area contributed by atoms with Crippen molar-refractivity contribution in [3.8, 4) is 0 Å². The van der Waals surface area contributed by atoms with Crippen molar-refractivity contribution in [2.24, 2.45) is 17.1 Å². The van der Waals surface area contributed by atoms with Gasteiger partial charge in [0.25, 0.3) is 0 Å². The van der Waals surface area contributed by atoms with Gasteiger partial charge < -0.3 is 35.9 Å². The molecule has 256 valence electrons. The van der Waals surface area contributed by atoms with Crippen LogP contribution in [0.25, 0.3) is 0 Å².